The van der Waals surface area contributed by atoms with E-state index in [1.807, 2.05) is 18.2 Å². The molecule has 0 saturated heterocycles. The molecule has 0 spiro atoms. The number of hydrogen-bond acceptors (Lipinski definition) is 2. The fourth-order valence-corrected chi connectivity index (χ4v) is 1.78. The Morgan fingerprint density at radius 2 is 2.12 bits per heavy atom. The molecule has 2 rings (SSSR count). The molecule has 1 unspecified atom stereocenters. The van der Waals surface area contributed by atoms with Gasteiger partial charge in [-0.3, -0.25) is 0 Å². The lowest BCUT2D eigenvalue weighted by Crippen LogP contribution is -2.39. The molecule has 2 N–H and O–H groups in total. The summed E-state index contributed by atoms with van der Waals surface area (Å²) in [7, 11) is 0. The number of benzene rings is 1. The second-order valence-corrected chi connectivity index (χ2v) is 3.99. The largest absolute Gasteiger partial charge is 0.325 e. The van der Waals surface area contributed by atoms with Gasteiger partial charge in [0.1, 0.15) is 0 Å². The highest BCUT2D eigenvalue weighted by Crippen LogP contribution is 2.22. The third-order valence-electron chi connectivity index (χ3n) is 2.47. The highest BCUT2D eigenvalue weighted by molar-refractivity contribution is 6.31. The predicted octanol–water partition coefficient (Wildman–Crippen LogP) is 2.81. The third-order valence-corrected chi connectivity index (χ3v) is 2.84. The van der Waals surface area contributed by atoms with Gasteiger partial charge in [-0.05, 0) is 23.8 Å². The van der Waals surface area contributed by atoms with Crippen molar-refractivity contribution < 1.29 is 4.39 Å². The molecule has 0 amide bonds. The van der Waals surface area contributed by atoms with Gasteiger partial charge < -0.3 is 10.6 Å². The number of nitrogens with zero attached hydrogens (tertiary/aromatic N) is 1. The lowest BCUT2D eigenvalue weighted by atomic mass is 10.2. The first kappa shape index (κ1) is 11.2. The first-order chi connectivity index (χ1) is 7.68. The Kier molecular flexibility index (Phi) is 3.27. The molecule has 2 nitrogen and oxygen atoms in total. The molecular formula is C12H12ClFN2. The molecule has 1 atom stereocenters. The Bertz CT molecular complexity index is 442. The van der Waals surface area contributed by atoms with Crippen LogP contribution in [0.1, 0.15) is 5.56 Å². The first-order valence-corrected chi connectivity index (χ1v) is 5.36. The van der Waals surface area contributed by atoms with Crippen molar-refractivity contribution in [3.63, 3.8) is 0 Å². The van der Waals surface area contributed by atoms with Crippen LogP contribution in [-0.4, -0.2) is 11.1 Å². The molecule has 16 heavy (non-hydrogen) atoms. The smallest absolute Gasteiger partial charge is 0.191 e. The summed E-state index contributed by atoms with van der Waals surface area (Å²) in [6.07, 6.45) is 4.30. The zero-order valence-electron chi connectivity index (χ0n) is 8.61. The molecule has 1 aromatic carbocycles. The molecule has 84 valence electrons. The second kappa shape index (κ2) is 4.68. The summed E-state index contributed by atoms with van der Waals surface area (Å²) in [5.74, 6) is -0.338. The molecule has 0 aromatic heterocycles. The van der Waals surface area contributed by atoms with Crippen LogP contribution in [0.25, 0.3) is 0 Å². The van der Waals surface area contributed by atoms with Crippen molar-refractivity contribution in [1.82, 2.24) is 4.90 Å². The van der Waals surface area contributed by atoms with Crippen molar-refractivity contribution in [2.24, 2.45) is 5.73 Å². The van der Waals surface area contributed by atoms with Gasteiger partial charge >= 0.3 is 0 Å². The van der Waals surface area contributed by atoms with Crippen LogP contribution >= 0.6 is 11.6 Å². The van der Waals surface area contributed by atoms with E-state index in [4.69, 9.17) is 17.3 Å². The third kappa shape index (κ3) is 2.26. The van der Waals surface area contributed by atoms with E-state index in [0.717, 1.165) is 5.56 Å². The van der Waals surface area contributed by atoms with Gasteiger partial charge in [0.2, 0.25) is 0 Å². The van der Waals surface area contributed by atoms with E-state index in [0.29, 0.717) is 11.6 Å². The molecule has 1 heterocycles. The summed E-state index contributed by atoms with van der Waals surface area (Å²) in [6, 6.07) is 7.35. The minimum atomic E-state index is -0.443. The number of nitrogens with two attached hydrogens (primary N) is 1. The number of hydrogen-bond donors (Lipinski definition) is 1. The summed E-state index contributed by atoms with van der Waals surface area (Å²) in [4.78, 5) is 1.46. The van der Waals surface area contributed by atoms with Crippen LogP contribution in [0.4, 0.5) is 4.39 Å². The van der Waals surface area contributed by atoms with E-state index < -0.39 is 6.17 Å². The molecule has 1 aromatic rings. The maximum atomic E-state index is 13.5. The predicted molar refractivity (Wildman–Crippen MR) is 63.3 cm³/mol. The van der Waals surface area contributed by atoms with Crippen molar-refractivity contribution in [2.45, 2.75) is 12.7 Å². The van der Waals surface area contributed by atoms with Crippen LogP contribution < -0.4 is 5.73 Å². The van der Waals surface area contributed by atoms with Gasteiger partial charge in [0, 0.05) is 11.6 Å². The SMILES string of the molecule is NC1C=CC=C(F)N1Cc1ccccc1Cl. The van der Waals surface area contributed by atoms with Crippen molar-refractivity contribution in [1.29, 1.82) is 0 Å². The fraction of sp³-hybridized carbons (Fsp3) is 0.167. The summed E-state index contributed by atoms with van der Waals surface area (Å²) in [6.45, 7) is 0.369. The van der Waals surface area contributed by atoms with Gasteiger partial charge in [0.25, 0.3) is 0 Å². The maximum absolute atomic E-state index is 13.5. The Labute approximate surface area is 98.8 Å². The highest BCUT2D eigenvalue weighted by Gasteiger charge is 2.18. The Balaban J connectivity index is 2.19. The summed E-state index contributed by atoms with van der Waals surface area (Å²) in [5.41, 5.74) is 6.64. The van der Waals surface area contributed by atoms with E-state index in [1.165, 1.54) is 11.0 Å². The van der Waals surface area contributed by atoms with E-state index in [-0.39, 0.29) is 5.95 Å². The molecular weight excluding hydrogens is 227 g/mol. The average molecular weight is 239 g/mol. The minimum absolute atomic E-state index is 0.338. The van der Waals surface area contributed by atoms with Crippen LogP contribution in [0.2, 0.25) is 5.02 Å². The molecule has 0 fully saturated rings. The molecule has 1 aliphatic rings. The summed E-state index contributed by atoms with van der Waals surface area (Å²) < 4.78 is 13.5. The quantitative estimate of drug-likeness (QED) is 0.803. The number of rotatable bonds is 2. The van der Waals surface area contributed by atoms with Crippen LogP contribution in [0.3, 0.4) is 0 Å². The van der Waals surface area contributed by atoms with Gasteiger partial charge in [-0.15, -0.1) is 0 Å². The molecule has 0 saturated carbocycles. The van der Waals surface area contributed by atoms with E-state index in [9.17, 15) is 4.39 Å². The number of allylic oxidation sites excluding steroid dienone is 2. The first-order valence-electron chi connectivity index (χ1n) is 4.98. The van der Waals surface area contributed by atoms with Gasteiger partial charge in [-0.2, -0.15) is 4.39 Å². The normalized spacial score (nSPS) is 19.8. The minimum Gasteiger partial charge on any atom is -0.325 e. The van der Waals surface area contributed by atoms with Crippen LogP contribution in [-0.2, 0) is 6.54 Å². The Morgan fingerprint density at radius 3 is 2.81 bits per heavy atom. The zero-order chi connectivity index (χ0) is 11.5. The average Bonchev–Trinajstić information content (AvgIpc) is 2.26. The summed E-state index contributed by atoms with van der Waals surface area (Å²) >= 11 is 6.01. The monoisotopic (exact) mass is 238 g/mol. The fourth-order valence-electron chi connectivity index (χ4n) is 1.58. The molecule has 1 aliphatic heterocycles. The number of halogens is 2. The van der Waals surface area contributed by atoms with E-state index in [1.54, 1.807) is 18.2 Å². The molecule has 0 radical (unpaired) electrons. The van der Waals surface area contributed by atoms with E-state index in [2.05, 4.69) is 0 Å². The van der Waals surface area contributed by atoms with E-state index >= 15 is 0 Å². The van der Waals surface area contributed by atoms with Gasteiger partial charge in [-0.25, -0.2) is 0 Å². The van der Waals surface area contributed by atoms with Crippen LogP contribution in [0.5, 0.6) is 0 Å². The summed E-state index contributed by atoms with van der Waals surface area (Å²) in [5, 5.41) is 0.622. The zero-order valence-corrected chi connectivity index (χ0v) is 9.36. The van der Waals surface area contributed by atoms with Crippen LogP contribution in [0.15, 0.2) is 48.4 Å². The standard InChI is InChI=1S/C12H12ClFN2/c13-10-5-2-1-4-9(10)8-16-11(14)6-3-7-12(16)15/h1-7,12H,8,15H2. The maximum Gasteiger partial charge on any atom is 0.191 e. The van der Waals surface area contributed by atoms with Crippen LogP contribution in [0, 0.1) is 0 Å². The Morgan fingerprint density at radius 1 is 1.38 bits per heavy atom. The second-order valence-electron chi connectivity index (χ2n) is 3.58. The molecule has 4 heteroatoms. The van der Waals surface area contributed by atoms with Gasteiger partial charge in [0.05, 0.1) is 6.17 Å². The topological polar surface area (TPSA) is 29.3 Å². The highest BCUT2D eigenvalue weighted by atomic mass is 35.5. The lowest BCUT2D eigenvalue weighted by Gasteiger charge is -2.29. The van der Waals surface area contributed by atoms with Crippen molar-refractivity contribution in [2.75, 3.05) is 0 Å². The van der Waals surface area contributed by atoms with Crippen molar-refractivity contribution in [3.05, 3.63) is 59.0 Å². The van der Waals surface area contributed by atoms with Gasteiger partial charge in [0.15, 0.2) is 5.95 Å². The molecule has 0 bridgehead atoms. The Hall–Kier alpha value is -1.32. The van der Waals surface area contributed by atoms with Crippen molar-refractivity contribution >= 4 is 11.6 Å². The van der Waals surface area contributed by atoms with Gasteiger partial charge in [-0.1, -0.05) is 35.9 Å². The lowest BCUT2D eigenvalue weighted by molar-refractivity contribution is 0.221. The molecule has 0 aliphatic carbocycles. The van der Waals surface area contributed by atoms with Crippen molar-refractivity contribution in [3.8, 4) is 0 Å².